The topological polar surface area (TPSA) is 115 Å². The van der Waals surface area contributed by atoms with E-state index in [1.165, 1.54) is 11.2 Å². The quantitative estimate of drug-likeness (QED) is 0.696. The smallest absolute Gasteiger partial charge is 0.407 e. The van der Waals surface area contributed by atoms with Crippen LogP contribution in [0.4, 0.5) is 4.79 Å². The Kier molecular flexibility index (Phi) is 4.91. The third-order valence-corrected chi connectivity index (χ3v) is 4.99. The number of amides is 1. The van der Waals surface area contributed by atoms with Gasteiger partial charge >= 0.3 is 6.09 Å². The van der Waals surface area contributed by atoms with Crippen molar-refractivity contribution in [3.05, 3.63) is 24.2 Å². The molecule has 1 aliphatic heterocycles. The summed E-state index contributed by atoms with van der Waals surface area (Å²) in [6.07, 6.45) is 2.57. The molecule has 0 aliphatic carbocycles. The molecule has 0 saturated carbocycles. The molecule has 0 aromatic carbocycles. The fourth-order valence-corrected chi connectivity index (χ4v) is 3.58. The summed E-state index contributed by atoms with van der Waals surface area (Å²) in [5.41, 5.74) is 2.95. The number of likely N-dealkylation sites (tertiary alicyclic amines) is 1. The first-order chi connectivity index (χ1) is 14.0. The van der Waals surface area contributed by atoms with E-state index in [1.807, 2.05) is 24.5 Å². The number of carboxylic acid groups (broad SMARTS) is 1. The van der Waals surface area contributed by atoms with Gasteiger partial charge in [-0.15, -0.1) is 0 Å². The van der Waals surface area contributed by atoms with E-state index >= 15 is 0 Å². The average molecular weight is 398 g/mol. The first-order valence-corrected chi connectivity index (χ1v) is 9.38. The van der Waals surface area contributed by atoms with Gasteiger partial charge < -0.3 is 24.0 Å². The van der Waals surface area contributed by atoms with Crippen LogP contribution in [0.15, 0.2) is 18.6 Å². The van der Waals surface area contributed by atoms with E-state index in [0.717, 1.165) is 11.1 Å². The Labute approximate surface area is 167 Å². The fourth-order valence-electron chi connectivity index (χ4n) is 3.58. The maximum absolute atomic E-state index is 11.1. The number of ether oxygens (including phenoxy) is 2. The number of hydrogen-bond acceptors (Lipinski definition) is 7. The second-order valence-corrected chi connectivity index (χ2v) is 6.84. The molecule has 1 N–H and O–H groups in total. The van der Waals surface area contributed by atoms with Crippen LogP contribution in [0.5, 0.6) is 11.8 Å². The zero-order valence-corrected chi connectivity index (χ0v) is 16.5. The molecule has 0 spiro atoms. The van der Waals surface area contributed by atoms with Gasteiger partial charge in [-0.3, -0.25) is 0 Å². The Morgan fingerprint density at radius 3 is 2.79 bits per heavy atom. The van der Waals surface area contributed by atoms with Gasteiger partial charge in [0.15, 0.2) is 11.2 Å². The lowest BCUT2D eigenvalue weighted by molar-refractivity contribution is 0.145. The van der Waals surface area contributed by atoms with E-state index in [-0.39, 0.29) is 6.10 Å². The lowest BCUT2D eigenvalue weighted by Crippen LogP contribution is -2.29. The molecule has 1 saturated heterocycles. The molecule has 29 heavy (non-hydrogen) atoms. The van der Waals surface area contributed by atoms with Crippen molar-refractivity contribution in [2.45, 2.75) is 32.9 Å². The van der Waals surface area contributed by atoms with Crippen molar-refractivity contribution in [2.75, 3.05) is 20.2 Å². The van der Waals surface area contributed by atoms with E-state index < -0.39 is 6.09 Å². The molecule has 0 unspecified atom stereocenters. The second kappa shape index (κ2) is 7.53. The lowest BCUT2D eigenvalue weighted by atomic mass is 10.2. The zero-order chi connectivity index (χ0) is 20.5. The number of nitrogens with zero attached hydrogens (tertiary/aromatic N) is 6. The van der Waals surface area contributed by atoms with Crippen LogP contribution < -0.4 is 9.47 Å². The summed E-state index contributed by atoms with van der Waals surface area (Å²) in [6, 6.07) is 1.97. The minimum Gasteiger partial charge on any atom is -0.481 e. The van der Waals surface area contributed by atoms with E-state index in [4.69, 9.17) is 19.6 Å². The molecule has 0 radical (unpaired) electrons. The van der Waals surface area contributed by atoms with Gasteiger partial charge in [0.05, 0.1) is 13.7 Å². The Hall–Kier alpha value is -3.43. The molecule has 10 nitrogen and oxygen atoms in total. The van der Waals surface area contributed by atoms with Crippen LogP contribution >= 0.6 is 0 Å². The van der Waals surface area contributed by atoms with Crippen molar-refractivity contribution < 1.29 is 19.4 Å². The minimum atomic E-state index is -0.941. The van der Waals surface area contributed by atoms with Crippen LogP contribution in [-0.4, -0.2) is 66.9 Å². The van der Waals surface area contributed by atoms with E-state index in [0.29, 0.717) is 54.8 Å². The van der Waals surface area contributed by atoms with E-state index in [2.05, 4.69) is 15.0 Å². The van der Waals surface area contributed by atoms with Gasteiger partial charge in [-0.2, -0.15) is 4.98 Å². The number of rotatable bonds is 5. The Balaban J connectivity index is 1.72. The number of pyridine rings is 1. The van der Waals surface area contributed by atoms with Gasteiger partial charge in [0.1, 0.15) is 18.3 Å². The van der Waals surface area contributed by atoms with Crippen molar-refractivity contribution in [3.8, 4) is 23.1 Å². The van der Waals surface area contributed by atoms with Crippen molar-refractivity contribution in [1.82, 2.24) is 29.4 Å². The summed E-state index contributed by atoms with van der Waals surface area (Å²) in [5, 5.41) is 9.14. The van der Waals surface area contributed by atoms with Crippen LogP contribution in [0.2, 0.25) is 0 Å². The molecule has 3 aromatic rings. The van der Waals surface area contributed by atoms with Crippen LogP contribution in [0.25, 0.3) is 22.6 Å². The highest BCUT2D eigenvalue weighted by molar-refractivity contribution is 5.81. The van der Waals surface area contributed by atoms with Crippen molar-refractivity contribution in [1.29, 1.82) is 0 Å². The average Bonchev–Trinajstić information content (AvgIpc) is 3.33. The number of methoxy groups -OCH3 is 1. The highest BCUT2D eigenvalue weighted by Gasteiger charge is 2.29. The minimum absolute atomic E-state index is 0.260. The summed E-state index contributed by atoms with van der Waals surface area (Å²) < 4.78 is 13.2. The lowest BCUT2D eigenvalue weighted by Gasteiger charge is -2.13. The standard InChI is InChI=1S/C19H22N6O4/c1-4-25-15(12-7-11(2)17(28-3)20-8-12)23-14-16(25)21-10-22-18(14)29-13-5-6-24(9-13)19(26)27/h7-8,10,13H,4-6,9H2,1-3H3,(H,26,27)/t13-/m0/s1. The van der Waals surface area contributed by atoms with Crippen LogP contribution in [-0.2, 0) is 6.54 Å². The molecule has 1 amide bonds. The number of fused-ring (bicyclic) bond motifs is 1. The van der Waals surface area contributed by atoms with E-state index in [1.54, 1.807) is 13.3 Å². The van der Waals surface area contributed by atoms with Crippen molar-refractivity contribution >= 4 is 17.3 Å². The summed E-state index contributed by atoms with van der Waals surface area (Å²) in [4.78, 5) is 30.2. The number of aromatic nitrogens is 5. The van der Waals surface area contributed by atoms with Gasteiger partial charge in [0.2, 0.25) is 11.8 Å². The monoisotopic (exact) mass is 398 g/mol. The van der Waals surface area contributed by atoms with E-state index in [9.17, 15) is 4.79 Å². The molecule has 1 atom stereocenters. The molecule has 0 bridgehead atoms. The fraction of sp³-hybridized carbons (Fsp3) is 0.421. The zero-order valence-electron chi connectivity index (χ0n) is 16.5. The normalized spacial score (nSPS) is 16.4. The third-order valence-electron chi connectivity index (χ3n) is 4.99. The van der Waals surface area contributed by atoms with Gasteiger partial charge in [0.25, 0.3) is 0 Å². The maximum atomic E-state index is 11.1. The SMILES string of the molecule is CCn1c(-c2cnc(OC)c(C)c2)nc2c(O[C@H]3CCN(C(=O)O)C3)ncnc21. The highest BCUT2D eigenvalue weighted by Crippen LogP contribution is 2.30. The van der Waals surface area contributed by atoms with Crippen molar-refractivity contribution in [3.63, 3.8) is 0 Å². The van der Waals surface area contributed by atoms with Crippen LogP contribution in [0.3, 0.4) is 0 Å². The molecule has 4 heterocycles. The first kappa shape index (κ1) is 18.9. The van der Waals surface area contributed by atoms with Crippen molar-refractivity contribution in [2.24, 2.45) is 0 Å². The molecule has 1 aliphatic rings. The maximum Gasteiger partial charge on any atom is 0.407 e. The van der Waals surface area contributed by atoms with Gasteiger partial charge in [0, 0.05) is 36.8 Å². The molecule has 152 valence electrons. The third kappa shape index (κ3) is 3.41. The molecule has 1 fully saturated rings. The summed E-state index contributed by atoms with van der Waals surface area (Å²) >= 11 is 0. The largest absolute Gasteiger partial charge is 0.481 e. The summed E-state index contributed by atoms with van der Waals surface area (Å²) in [7, 11) is 1.59. The molecular formula is C19H22N6O4. The predicted molar refractivity (Wildman–Crippen MR) is 104 cm³/mol. The Bertz CT molecular complexity index is 1070. The Morgan fingerprint density at radius 1 is 1.31 bits per heavy atom. The highest BCUT2D eigenvalue weighted by atomic mass is 16.5. The molecular weight excluding hydrogens is 376 g/mol. The second-order valence-electron chi connectivity index (χ2n) is 6.84. The number of aryl methyl sites for hydroxylation is 2. The summed E-state index contributed by atoms with van der Waals surface area (Å²) in [6.45, 7) is 5.35. The predicted octanol–water partition coefficient (Wildman–Crippen LogP) is 2.36. The van der Waals surface area contributed by atoms with Crippen LogP contribution in [0, 0.1) is 6.92 Å². The van der Waals surface area contributed by atoms with Crippen LogP contribution in [0.1, 0.15) is 18.9 Å². The molecule has 10 heteroatoms. The van der Waals surface area contributed by atoms with Gasteiger partial charge in [-0.25, -0.2) is 19.7 Å². The Morgan fingerprint density at radius 2 is 2.14 bits per heavy atom. The van der Waals surface area contributed by atoms with Gasteiger partial charge in [-0.1, -0.05) is 0 Å². The van der Waals surface area contributed by atoms with Gasteiger partial charge in [-0.05, 0) is 19.9 Å². The number of carbonyl (C=O) groups is 1. The summed E-state index contributed by atoms with van der Waals surface area (Å²) in [5.74, 6) is 1.64. The molecule has 3 aromatic heterocycles. The number of imidazole rings is 1. The molecule has 4 rings (SSSR count). The number of hydrogen-bond donors (Lipinski definition) is 1. The first-order valence-electron chi connectivity index (χ1n) is 9.38.